The number of carbonyl (C=O) groups is 1. The number of piperidine rings is 1. The van der Waals surface area contributed by atoms with Crippen molar-refractivity contribution in [3.05, 3.63) is 0 Å². The molecule has 0 radical (unpaired) electrons. The SMILES string of the molecule is CN=C(N)NCC(=O)N1CCCCC1. The maximum Gasteiger partial charge on any atom is 0.241 e. The summed E-state index contributed by atoms with van der Waals surface area (Å²) in [6, 6.07) is 0. The lowest BCUT2D eigenvalue weighted by Gasteiger charge is -2.26. The fraction of sp³-hybridized carbons (Fsp3) is 0.778. The van der Waals surface area contributed by atoms with E-state index in [0.29, 0.717) is 5.96 Å². The number of nitrogens with one attached hydrogen (secondary N) is 1. The fourth-order valence-electron chi connectivity index (χ4n) is 1.50. The summed E-state index contributed by atoms with van der Waals surface area (Å²) in [6.45, 7) is 2.01. The van der Waals surface area contributed by atoms with Crippen LogP contribution in [0.3, 0.4) is 0 Å². The van der Waals surface area contributed by atoms with E-state index < -0.39 is 0 Å². The molecule has 0 atom stereocenters. The monoisotopic (exact) mass is 198 g/mol. The molecule has 1 heterocycles. The highest BCUT2D eigenvalue weighted by Crippen LogP contribution is 2.07. The zero-order chi connectivity index (χ0) is 10.4. The van der Waals surface area contributed by atoms with E-state index in [1.54, 1.807) is 7.05 Å². The average Bonchev–Trinajstić information content (AvgIpc) is 2.26. The smallest absolute Gasteiger partial charge is 0.241 e. The van der Waals surface area contributed by atoms with E-state index in [4.69, 9.17) is 5.73 Å². The molecule has 1 amide bonds. The van der Waals surface area contributed by atoms with E-state index >= 15 is 0 Å². The first-order chi connectivity index (χ1) is 6.74. The van der Waals surface area contributed by atoms with Gasteiger partial charge in [-0.1, -0.05) is 0 Å². The molecule has 80 valence electrons. The van der Waals surface area contributed by atoms with Crippen molar-refractivity contribution in [1.29, 1.82) is 0 Å². The van der Waals surface area contributed by atoms with Crippen molar-refractivity contribution in [2.75, 3.05) is 26.7 Å². The first kappa shape index (κ1) is 10.8. The Labute approximate surface area is 84.4 Å². The van der Waals surface area contributed by atoms with Crippen molar-refractivity contribution < 1.29 is 4.79 Å². The highest BCUT2D eigenvalue weighted by atomic mass is 16.2. The molecule has 14 heavy (non-hydrogen) atoms. The van der Waals surface area contributed by atoms with Gasteiger partial charge in [0, 0.05) is 20.1 Å². The second-order valence-corrected chi connectivity index (χ2v) is 3.40. The lowest BCUT2D eigenvalue weighted by molar-refractivity contribution is -0.130. The average molecular weight is 198 g/mol. The normalized spacial score (nSPS) is 18.1. The van der Waals surface area contributed by atoms with Gasteiger partial charge in [0.05, 0.1) is 6.54 Å². The summed E-state index contributed by atoms with van der Waals surface area (Å²) in [4.78, 5) is 17.2. The Morgan fingerprint density at radius 1 is 1.43 bits per heavy atom. The molecule has 0 aromatic heterocycles. The van der Waals surface area contributed by atoms with E-state index in [0.717, 1.165) is 25.9 Å². The minimum atomic E-state index is 0.108. The van der Waals surface area contributed by atoms with Crippen LogP contribution in [0.5, 0.6) is 0 Å². The Balaban J connectivity index is 2.26. The number of nitrogens with two attached hydrogens (primary N) is 1. The van der Waals surface area contributed by atoms with Gasteiger partial charge in [-0.2, -0.15) is 0 Å². The van der Waals surface area contributed by atoms with E-state index in [9.17, 15) is 4.79 Å². The summed E-state index contributed by atoms with van der Waals surface area (Å²) in [6.07, 6.45) is 3.46. The molecule has 0 aromatic rings. The van der Waals surface area contributed by atoms with Crippen molar-refractivity contribution in [3.63, 3.8) is 0 Å². The molecular weight excluding hydrogens is 180 g/mol. The molecule has 1 aliphatic heterocycles. The number of likely N-dealkylation sites (tertiary alicyclic amines) is 1. The number of amides is 1. The van der Waals surface area contributed by atoms with Gasteiger partial charge in [-0.3, -0.25) is 9.79 Å². The lowest BCUT2D eigenvalue weighted by atomic mass is 10.1. The Hall–Kier alpha value is -1.26. The highest BCUT2D eigenvalue weighted by Gasteiger charge is 2.15. The predicted octanol–water partition coefficient (Wildman–Crippen LogP) is -0.467. The molecule has 1 fully saturated rings. The van der Waals surface area contributed by atoms with Gasteiger partial charge in [0.15, 0.2) is 5.96 Å². The number of hydrogen-bond donors (Lipinski definition) is 2. The van der Waals surface area contributed by atoms with Crippen LogP contribution in [0.25, 0.3) is 0 Å². The van der Waals surface area contributed by atoms with E-state index in [1.165, 1.54) is 6.42 Å². The maximum atomic E-state index is 11.6. The van der Waals surface area contributed by atoms with Gasteiger partial charge < -0.3 is 16.0 Å². The third-order valence-corrected chi connectivity index (χ3v) is 2.37. The summed E-state index contributed by atoms with van der Waals surface area (Å²) < 4.78 is 0. The number of aliphatic imine (C=N–C) groups is 1. The molecule has 0 bridgehead atoms. The topological polar surface area (TPSA) is 70.7 Å². The van der Waals surface area contributed by atoms with E-state index in [1.807, 2.05) is 4.90 Å². The van der Waals surface area contributed by atoms with E-state index in [2.05, 4.69) is 10.3 Å². The molecule has 5 nitrogen and oxygen atoms in total. The van der Waals surface area contributed by atoms with Crippen LogP contribution in [0.15, 0.2) is 4.99 Å². The van der Waals surface area contributed by atoms with Crippen LogP contribution in [-0.2, 0) is 4.79 Å². The van der Waals surface area contributed by atoms with Crippen molar-refractivity contribution in [1.82, 2.24) is 10.2 Å². The van der Waals surface area contributed by atoms with Crippen molar-refractivity contribution in [2.24, 2.45) is 10.7 Å². The van der Waals surface area contributed by atoms with Gasteiger partial charge in [-0.15, -0.1) is 0 Å². The fourth-order valence-corrected chi connectivity index (χ4v) is 1.50. The Bertz CT molecular complexity index is 221. The molecule has 0 saturated carbocycles. The van der Waals surface area contributed by atoms with Crippen LogP contribution in [-0.4, -0.2) is 43.4 Å². The summed E-state index contributed by atoms with van der Waals surface area (Å²) in [5, 5.41) is 2.77. The van der Waals surface area contributed by atoms with Crippen LogP contribution in [0, 0.1) is 0 Å². The highest BCUT2D eigenvalue weighted by molar-refractivity contribution is 5.85. The molecule has 5 heteroatoms. The first-order valence-corrected chi connectivity index (χ1v) is 4.98. The van der Waals surface area contributed by atoms with Gasteiger partial charge in [-0.05, 0) is 19.3 Å². The van der Waals surface area contributed by atoms with Gasteiger partial charge >= 0.3 is 0 Å². The standard InChI is InChI=1S/C9H18N4O/c1-11-9(10)12-7-8(14)13-5-3-2-4-6-13/h2-7H2,1H3,(H3,10,11,12). The third-order valence-electron chi connectivity index (χ3n) is 2.37. The number of nitrogens with zero attached hydrogens (tertiary/aromatic N) is 2. The molecule has 0 aromatic carbocycles. The number of rotatable bonds is 2. The zero-order valence-corrected chi connectivity index (χ0v) is 8.62. The molecule has 1 rings (SSSR count). The largest absolute Gasteiger partial charge is 0.370 e. The van der Waals surface area contributed by atoms with Crippen molar-refractivity contribution >= 4 is 11.9 Å². The second kappa shape index (κ2) is 5.47. The summed E-state index contributed by atoms with van der Waals surface area (Å²) in [5.74, 6) is 0.423. The first-order valence-electron chi connectivity index (χ1n) is 4.98. The quantitative estimate of drug-likeness (QED) is 0.465. The van der Waals surface area contributed by atoms with Gasteiger partial charge in [0.1, 0.15) is 0 Å². The Morgan fingerprint density at radius 2 is 2.07 bits per heavy atom. The molecule has 0 aliphatic carbocycles. The van der Waals surface area contributed by atoms with E-state index in [-0.39, 0.29) is 12.5 Å². The van der Waals surface area contributed by atoms with Gasteiger partial charge in [-0.25, -0.2) is 0 Å². The Morgan fingerprint density at radius 3 is 2.64 bits per heavy atom. The van der Waals surface area contributed by atoms with Crippen LogP contribution in [0.4, 0.5) is 0 Å². The molecule has 0 spiro atoms. The van der Waals surface area contributed by atoms with Crippen LogP contribution in [0.1, 0.15) is 19.3 Å². The molecule has 0 unspecified atom stereocenters. The summed E-state index contributed by atoms with van der Waals surface area (Å²) in [7, 11) is 1.59. The van der Waals surface area contributed by atoms with Crippen molar-refractivity contribution in [2.45, 2.75) is 19.3 Å². The minimum absolute atomic E-state index is 0.108. The van der Waals surface area contributed by atoms with Crippen LogP contribution >= 0.6 is 0 Å². The lowest BCUT2D eigenvalue weighted by Crippen LogP contribution is -2.44. The number of hydrogen-bond acceptors (Lipinski definition) is 2. The summed E-state index contributed by atoms with van der Waals surface area (Å²) >= 11 is 0. The minimum Gasteiger partial charge on any atom is -0.370 e. The molecular formula is C9H18N4O. The molecule has 3 N–H and O–H groups in total. The second-order valence-electron chi connectivity index (χ2n) is 3.40. The Kier molecular flexibility index (Phi) is 4.22. The number of carbonyl (C=O) groups excluding carboxylic acids is 1. The maximum absolute atomic E-state index is 11.6. The molecule has 1 saturated heterocycles. The van der Waals surface area contributed by atoms with Crippen molar-refractivity contribution in [3.8, 4) is 0 Å². The third kappa shape index (κ3) is 3.24. The predicted molar refractivity (Wildman–Crippen MR) is 56.0 cm³/mol. The van der Waals surface area contributed by atoms with Crippen LogP contribution in [0.2, 0.25) is 0 Å². The number of guanidine groups is 1. The van der Waals surface area contributed by atoms with Gasteiger partial charge in [0.2, 0.25) is 5.91 Å². The zero-order valence-electron chi connectivity index (χ0n) is 8.62. The van der Waals surface area contributed by atoms with Gasteiger partial charge in [0.25, 0.3) is 0 Å². The van der Waals surface area contributed by atoms with Crippen LogP contribution < -0.4 is 11.1 Å². The summed E-state index contributed by atoms with van der Waals surface area (Å²) in [5.41, 5.74) is 5.42. The molecule has 1 aliphatic rings.